The maximum atomic E-state index is 14.6. The van der Waals surface area contributed by atoms with Crippen molar-refractivity contribution in [1.82, 2.24) is 20.8 Å². The summed E-state index contributed by atoms with van der Waals surface area (Å²) in [6.45, 7) is 1.87. The van der Waals surface area contributed by atoms with Gasteiger partial charge in [-0.05, 0) is 49.3 Å². The lowest BCUT2D eigenvalue weighted by Gasteiger charge is -2.23. The van der Waals surface area contributed by atoms with Gasteiger partial charge in [0, 0.05) is 23.7 Å². The number of halogens is 1. The van der Waals surface area contributed by atoms with Gasteiger partial charge < -0.3 is 10.6 Å². The van der Waals surface area contributed by atoms with Crippen LogP contribution in [-0.4, -0.2) is 34.2 Å². The molecule has 2 aromatic rings. The quantitative estimate of drug-likeness (QED) is 0.755. The Morgan fingerprint density at radius 3 is 2.93 bits per heavy atom. The number of hydrogen-bond donors (Lipinski definition) is 3. The molecule has 6 nitrogen and oxygen atoms in total. The summed E-state index contributed by atoms with van der Waals surface area (Å²) < 4.78 is 14.6. The van der Waals surface area contributed by atoms with Crippen molar-refractivity contribution in [3.05, 3.63) is 41.5 Å². The summed E-state index contributed by atoms with van der Waals surface area (Å²) in [6, 6.07) is 6.45. The summed E-state index contributed by atoms with van der Waals surface area (Å²) >= 11 is 0. The van der Waals surface area contributed by atoms with Crippen LogP contribution < -0.4 is 10.6 Å². The van der Waals surface area contributed by atoms with Gasteiger partial charge in [-0.1, -0.05) is 12.1 Å². The molecule has 4 rings (SSSR count). The van der Waals surface area contributed by atoms with E-state index in [9.17, 15) is 14.4 Å². The van der Waals surface area contributed by atoms with Gasteiger partial charge in [-0.15, -0.1) is 0 Å². The molecule has 7 heteroatoms. The van der Waals surface area contributed by atoms with Crippen LogP contribution in [0.1, 0.15) is 30.5 Å². The Morgan fingerprint density at radius 2 is 2.33 bits per heavy atom. The van der Waals surface area contributed by atoms with Gasteiger partial charge in [-0.2, -0.15) is 10.4 Å². The number of benzene rings is 1. The average Bonchev–Trinajstić information content (AvgIpc) is 3.39. The zero-order chi connectivity index (χ0) is 19.0. The molecule has 4 atom stereocenters. The minimum absolute atomic E-state index is 0.138. The van der Waals surface area contributed by atoms with Crippen LogP contribution in [0.2, 0.25) is 0 Å². The number of hydrogen-bond acceptors (Lipinski definition) is 4. The second-order valence-corrected chi connectivity index (χ2v) is 7.52. The lowest BCUT2D eigenvalue weighted by atomic mass is 9.98. The number of nitrogens with one attached hydrogen (secondary N) is 3. The predicted octanol–water partition coefficient (Wildman–Crippen LogP) is 2.22. The molecule has 1 aromatic carbocycles. The Morgan fingerprint density at radius 1 is 1.48 bits per heavy atom. The summed E-state index contributed by atoms with van der Waals surface area (Å²) in [5, 5.41) is 22.3. The highest BCUT2D eigenvalue weighted by Gasteiger charge is 2.43. The normalized spacial score (nSPS) is 24.6. The third-order valence-corrected chi connectivity index (χ3v) is 5.73. The molecule has 2 fully saturated rings. The molecule has 1 saturated heterocycles. The topological polar surface area (TPSA) is 93.6 Å². The zero-order valence-corrected chi connectivity index (χ0v) is 15.1. The van der Waals surface area contributed by atoms with Gasteiger partial charge in [0.05, 0.1) is 18.3 Å². The molecule has 1 aromatic heterocycles. The number of nitrogens with zero attached hydrogens (tertiary/aromatic N) is 2. The molecule has 1 aliphatic heterocycles. The fourth-order valence-electron chi connectivity index (χ4n) is 4.28. The van der Waals surface area contributed by atoms with Crippen LogP contribution in [0.5, 0.6) is 0 Å². The molecule has 2 aliphatic rings. The van der Waals surface area contributed by atoms with Crippen molar-refractivity contribution in [2.45, 2.75) is 50.7 Å². The Labute approximate surface area is 157 Å². The van der Waals surface area contributed by atoms with Crippen LogP contribution in [0.25, 0.3) is 11.1 Å². The number of carbonyl (C=O) groups excluding carboxylic acids is 1. The summed E-state index contributed by atoms with van der Waals surface area (Å²) in [7, 11) is 0. The van der Waals surface area contributed by atoms with Crippen LogP contribution in [-0.2, 0) is 11.2 Å². The minimum Gasteiger partial charge on any atom is -0.339 e. The number of fused-ring (bicyclic) bond motifs is 2. The molecule has 0 spiro atoms. The number of aryl methyl sites for hydroxylation is 1. The van der Waals surface area contributed by atoms with Gasteiger partial charge in [0.15, 0.2) is 0 Å². The molecule has 1 unspecified atom stereocenters. The van der Waals surface area contributed by atoms with Crippen molar-refractivity contribution in [3.63, 3.8) is 0 Å². The lowest BCUT2D eigenvalue weighted by molar-refractivity contribution is -0.124. The van der Waals surface area contributed by atoms with Gasteiger partial charge in [-0.25, -0.2) is 4.39 Å². The summed E-state index contributed by atoms with van der Waals surface area (Å²) in [5.41, 5.74) is 2.84. The second kappa shape index (κ2) is 7.12. The van der Waals surface area contributed by atoms with Gasteiger partial charge >= 0.3 is 0 Å². The average molecular weight is 367 g/mol. The van der Waals surface area contributed by atoms with E-state index in [4.69, 9.17) is 0 Å². The maximum absolute atomic E-state index is 14.6. The van der Waals surface area contributed by atoms with E-state index in [2.05, 4.69) is 26.9 Å². The first-order chi connectivity index (χ1) is 13.0. The monoisotopic (exact) mass is 367 g/mol. The highest BCUT2D eigenvalue weighted by molar-refractivity contribution is 5.83. The highest BCUT2D eigenvalue weighted by Crippen LogP contribution is 2.35. The zero-order valence-electron chi connectivity index (χ0n) is 15.1. The van der Waals surface area contributed by atoms with E-state index >= 15 is 0 Å². The van der Waals surface area contributed by atoms with E-state index in [1.165, 1.54) is 6.07 Å². The number of amides is 1. The highest BCUT2D eigenvalue weighted by atomic mass is 19.1. The van der Waals surface area contributed by atoms with E-state index in [1.807, 2.05) is 13.0 Å². The van der Waals surface area contributed by atoms with Crippen molar-refractivity contribution in [1.29, 1.82) is 5.26 Å². The predicted molar refractivity (Wildman–Crippen MR) is 98.0 cm³/mol. The summed E-state index contributed by atoms with van der Waals surface area (Å²) in [5.74, 6) is -0.191. The van der Waals surface area contributed by atoms with Crippen LogP contribution in [0.15, 0.2) is 24.4 Å². The molecular formula is C20H22FN5O. The van der Waals surface area contributed by atoms with Crippen LogP contribution >= 0.6 is 0 Å². The molecule has 1 saturated carbocycles. The van der Waals surface area contributed by atoms with Crippen molar-refractivity contribution >= 4 is 5.91 Å². The van der Waals surface area contributed by atoms with Gasteiger partial charge in [-0.3, -0.25) is 9.89 Å². The van der Waals surface area contributed by atoms with Crippen molar-refractivity contribution < 1.29 is 9.18 Å². The Hall–Kier alpha value is -2.72. The number of aromatic amines is 1. The molecule has 3 N–H and O–H groups in total. The minimum atomic E-state index is -0.755. The van der Waals surface area contributed by atoms with Crippen LogP contribution in [0, 0.1) is 30.0 Å². The molecule has 140 valence electrons. The second-order valence-electron chi connectivity index (χ2n) is 7.52. The molecule has 2 bridgehead atoms. The Kier molecular flexibility index (Phi) is 4.66. The van der Waals surface area contributed by atoms with E-state index in [-0.39, 0.29) is 24.2 Å². The molecule has 0 radical (unpaired) electrons. The summed E-state index contributed by atoms with van der Waals surface area (Å²) in [4.78, 5) is 12.5. The van der Waals surface area contributed by atoms with Gasteiger partial charge in [0.2, 0.25) is 5.91 Å². The van der Waals surface area contributed by atoms with Crippen molar-refractivity contribution in [3.8, 4) is 17.2 Å². The Bertz CT molecular complexity index is 902. The number of piperidine rings is 1. The van der Waals surface area contributed by atoms with Crippen molar-refractivity contribution in [2.24, 2.45) is 5.92 Å². The third kappa shape index (κ3) is 3.45. The molecular weight excluding hydrogens is 345 g/mol. The lowest BCUT2D eigenvalue weighted by Crippen LogP contribution is -2.50. The first kappa shape index (κ1) is 17.7. The molecule has 1 amide bonds. The first-order valence-electron chi connectivity index (χ1n) is 9.30. The SMILES string of the molecule is Cc1[nH]ncc1-c1ccc(CC(C#N)NC(=O)[C@H]2N[C@@H]3CC[C@H]2C3)c(F)c1. The number of carbonyl (C=O) groups is 1. The van der Waals surface area contributed by atoms with Crippen LogP contribution in [0.4, 0.5) is 4.39 Å². The number of aromatic nitrogens is 2. The van der Waals surface area contributed by atoms with E-state index < -0.39 is 6.04 Å². The third-order valence-electron chi connectivity index (χ3n) is 5.73. The van der Waals surface area contributed by atoms with Crippen molar-refractivity contribution in [2.75, 3.05) is 0 Å². The van der Waals surface area contributed by atoms with Crippen LogP contribution in [0.3, 0.4) is 0 Å². The maximum Gasteiger partial charge on any atom is 0.238 e. The van der Waals surface area contributed by atoms with E-state index in [0.29, 0.717) is 17.5 Å². The molecule has 27 heavy (non-hydrogen) atoms. The first-order valence-corrected chi connectivity index (χ1v) is 9.30. The van der Waals surface area contributed by atoms with E-state index in [0.717, 1.165) is 36.1 Å². The molecule has 1 aliphatic carbocycles. The fraction of sp³-hybridized carbons (Fsp3) is 0.450. The number of rotatable bonds is 5. The standard InChI is InChI=1S/C20H22FN5O/c1-11-17(10-23-26-11)12-2-3-13(18(21)8-12)6-16(9-22)25-20(27)19-14-4-5-15(7-14)24-19/h2-3,8,10,14-16,19,24H,4-7H2,1H3,(H,23,26)(H,25,27)/t14-,15+,16?,19-/m0/s1. The van der Waals surface area contributed by atoms with Gasteiger partial charge in [0.1, 0.15) is 11.9 Å². The number of H-pyrrole nitrogens is 1. The Balaban J connectivity index is 1.43. The fourth-order valence-corrected chi connectivity index (χ4v) is 4.28. The number of nitriles is 1. The summed E-state index contributed by atoms with van der Waals surface area (Å²) in [6.07, 6.45) is 4.99. The van der Waals surface area contributed by atoms with Gasteiger partial charge in [0.25, 0.3) is 0 Å². The molecule has 2 heterocycles. The smallest absolute Gasteiger partial charge is 0.238 e. The van der Waals surface area contributed by atoms with E-state index in [1.54, 1.807) is 12.3 Å². The largest absolute Gasteiger partial charge is 0.339 e.